The van der Waals surface area contributed by atoms with Gasteiger partial charge in [0.2, 0.25) is 0 Å². The third-order valence-corrected chi connectivity index (χ3v) is 4.01. The molecule has 2 heteroatoms. The van der Waals surface area contributed by atoms with E-state index < -0.39 is 0 Å². The van der Waals surface area contributed by atoms with Crippen molar-refractivity contribution in [1.29, 1.82) is 0 Å². The Morgan fingerprint density at radius 1 is 1.29 bits per heavy atom. The first-order valence-corrected chi connectivity index (χ1v) is 7.14. The van der Waals surface area contributed by atoms with E-state index >= 15 is 0 Å². The Labute approximate surface area is 106 Å². The molecule has 0 radical (unpaired) electrons. The van der Waals surface area contributed by atoms with Gasteiger partial charge in [-0.3, -0.25) is 4.79 Å². The van der Waals surface area contributed by atoms with Crippen LogP contribution in [0.4, 0.5) is 0 Å². The van der Waals surface area contributed by atoms with Gasteiger partial charge in [-0.25, -0.2) is 0 Å². The summed E-state index contributed by atoms with van der Waals surface area (Å²) in [4.78, 5) is 11.1. The van der Waals surface area contributed by atoms with Gasteiger partial charge in [-0.15, -0.1) is 0 Å². The molecular formula is C15H28O2. The number of rotatable bonds is 5. The third-order valence-electron chi connectivity index (χ3n) is 4.01. The molecule has 1 aliphatic rings. The first kappa shape index (κ1) is 14.5. The van der Waals surface area contributed by atoms with Crippen LogP contribution in [0.3, 0.4) is 0 Å². The Morgan fingerprint density at radius 3 is 2.35 bits per heavy atom. The molecule has 0 spiro atoms. The van der Waals surface area contributed by atoms with Gasteiger partial charge in [0, 0.05) is 6.92 Å². The van der Waals surface area contributed by atoms with Gasteiger partial charge in [0.1, 0.15) is 5.60 Å². The summed E-state index contributed by atoms with van der Waals surface area (Å²) < 4.78 is 5.42. The highest BCUT2D eigenvalue weighted by atomic mass is 16.6. The first-order valence-electron chi connectivity index (χ1n) is 7.14. The largest absolute Gasteiger partial charge is 0.460 e. The number of esters is 1. The summed E-state index contributed by atoms with van der Waals surface area (Å²) in [7, 11) is 0. The Morgan fingerprint density at radius 2 is 1.88 bits per heavy atom. The topological polar surface area (TPSA) is 26.3 Å². The Kier molecular flexibility index (Phi) is 5.48. The lowest BCUT2D eigenvalue weighted by Crippen LogP contribution is -2.32. The van der Waals surface area contributed by atoms with Crippen LogP contribution in [-0.4, -0.2) is 11.6 Å². The molecule has 0 bridgehead atoms. The third kappa shape index (κ3) is 5.10. The summed E-state index contributed by atoms with van der Waals surface area (Å²) >= 11 is 0. The van der Waals surface area contributed by atoms with Crippen LogP contribution in [0, 0.1) is 11.8 Å². The van der Waals surface area contributed by atoms with Crippen molar-refractivity contribution in [2.75, 3.05) is 0 Å². The van der Waals surface area contributed by atoms with E-state index in [9.17, 15) is 4.79 Å². The van der Waals surface area contributed by atoms with Crippen LogP contribution in [0.5, 0.6) is 0 Å². The summed E-state index contributed by atoms with van der Waals surface area (Å²) in [6.07, 6.45) is 9.12. The fourth-order valence-corrected chi connectivity index (χ4v) is 3.31. The minimum Gasteiger partial charge on any atom is -0.460 e. The maximum Gasteiger partial charge on any atom is 0.303 e. The molecule has 0 N–H and O–H groups in total. The predicted octanol–water partition coefficient (Wildman–Crippen LogP) is 4.32. The van der Waals surface area contributed by atoms with E-state index in [-0.39, 0.29) is 11.6 Å². The lowest BCUT2D eigenvalue weighted by atomic mass is 9.74. The van der Waals surface area contributed by atoms with Crippen molar-refractivity contribution in [3.05, 3.63) is 0 Å². The standard InChI is InChI=1S/C15H28O2/c1-5-13(14-9-7-6-8-10-14)11-15(3,4)17-12(2)16/h13-14H,5-11H2,1-4H3. The van der Waals surface area contributed by atoms with Crippen LogP contribution in [0.25, 0.3) is 0 Å². The number of carbonyl (C=O) groups is 1. The molecule has 0 aromatic heterocycles. The van der Waals surface area contributed by atoms with E-state index in [4.69, 9.17) is 4.74 Å². The molecule has 100 valence electrons. The highest BCUT2D eigenvalue weighted by molar-refractivity contribution is 5.66. The molecular weight excluding hydrogens is 212 g/mol. The van der Waals surface area contributed by atoms with Crippen LogP contribution < -0.4 is 0 Å². The van der Waals surface area contributed by atoms with Gasteiger partial charge in [0.05, 0.1) is 0 Å². The highest BCUT2D eigenvalue weighted by Gasteiger charge is 2.30. The monoisotopic (exact) mass is 240 g/mol. The number of carbonyl (C=O) groups excluding carboxylic acids is 1. The summed E-state index contributed by atoms with van der Waals surface area (Å²) in [5.41, 5.74) is -0.302. The zero-order valence-corrected chi connectivity index (χ0v) is 11.9. The van der Waals surface area contributed by atoms with E-state index in [0.29, 0.717) is 5.92 Å². The molecule has 17 heavy (non-hydrogen) atoms. The first-order chi connectivity index (χ1) is 7.94. The predicted molar refractivity (Wildman–Crippen MR) is 70.8 cm³/mol. The summed E-state index contributed by atoms with van der Waals surface area (Å²) in [5.74, 6) is 1.40. The quantitative estimate of drug-likeness (QED) is 0.669. The van der Waals surface area contributed by atoms with Crippen LogP contribution >= 0.6 is 0 Å². The number of hydrogen-bond acceptors (Lipinski definition) is 2. The van der Waals surface area contributed by atoms with Crippen LogP contribution in [0.15, 0.2) is 0 Å². The smallest absolute Gasteiger partial charge is 0.303 e. The zero-order chi connectivity index (χ0) is 12.9. The van der Waals surface area contributed by atoms with Gasteiger partial charge >= 0.3 is 5.97 Å². The molecule has 0 aromatic carbocycles. The van der Waals surface area contributed by atoms with E-state index in [1.165, 1.54) is 45.4 Å². The number of hydrogen-bond donors (Lipinski definition) is 0. The SMILES string of the molecule is CCC(CC(C)(C)OC(C)=O)C1CCCCC1. The second-order valence-corrected chi connectivity index (χ2v) is 6.12. The van der Waals surface area contributed by atoms with Gasteiger partial charge in [0.25, 0.3) is 0 Å². The Bertz CT molecular complexity index is 239. The molecule has 0 aromatic rings. The molecule has 1 unspecified atom stereocenters. The van der Waals surface area contributed by atoms with Crippen molar-refractivity contribution in [3.63, 3.8) is 0 Å². The lowest BCUT2D eigenvalue weighted by molar-refractivity contribution is -0.155. The van der Waals surface area contributed by atoms with E-state index in [2.05, 4.69) is 6.92 Å². The van der Waals surface area contributed by atoms with Gasteiger partial charge < -0.3 is 4.74 Å². The maximum absolute atomic E-state index is 11.1. The van der Waals surface area contributed by atoms with E-state index in [1.807, 2.05) is 13.8 Å². The average Bonchev–Trinajstić information content (AvgIpc) is 2.25. The van der Waals surface area contributed by atoms with Gasteiger partial charge in [-0.05, 0) is 32.1 Å². The molecule has 0 aliphatic heterocycles. The molecule has 0 heterocycles. The second kappa shape index (κ2) is 6.42. The van der Waals surface area contributed by atoms with Crippen molar-refractivity contribution in [1.82, 2.24) is 0 Å². The highest BCUT2D eigenvalue weighted by Crippen LogP contribution is 2.36. The Hall–Kier alpha value is -0.530. The summed E-state index contributed by atoms with van der Waals surface area (Å²) in [5, 5.41) is 0. The molecule has 1 saturated carbocycles. The van der Waals surface area contributed by atoms with Crippen LogP contribution in [0.1, 0.15) is 72.6 Å². The van der Waals surface area contributed by atoms with Gasteiger partial charge in [0.15, 0.2) is 0 Å². The fraction of sp³-hybridized carbons (Fsp3) is 0.933. The minimum absolute atomic E-state index is 0.159. The van der Waals surface area contributed by atoms with Crippen LogP contribution in [0.2, 0.25) is 0 Å². The normalized spacial score (nSPS) is 20.0. The molecule has 0 amide bonds. The van der Waals surface area contributed by atoms with Crippen LogP contribution in [-0.2, 0) is 9.53 Å². The van der Waals surface area contributed by atoms with E-state index in [0.717, 1.165) is 12.3 Å². The second-order valence-electron chi connectivity index (χ2n) is 6.12. The van der Waals surface area contributed by atoms with Gasteiger partial charge in [-0.2, -0.15) is 0 Å². The van der Waals surface area contributed by atoms with Crippen molar-refractivity contribution < 1.29 is 9.53 Å². The molecule has 0 saturated heterocycles. The maximum atomic E-state index is 11.1. The zero-order valence-electron chi connectivity index (χ0n) is 11.9. The van der Waals surface area contributed by atoms with Crippen molar-refractivity contribution >= 4 is 5.97 Å². The van der Waals surface area contributed by atoms with Crippen molar-refractivity contribution in [2.24, 2.45) is 11.8 Å². The Balaban J connectivity index is 2.52. The average molecular weight is 240 g/mol. The van der Waals surface area contributed by atoms with Gasteiger partial charge in [-0.1, -0.05) is 45.4 Å². The molecule has 1 fully saturated rings. The summed E-state index contributed by atoms with van der Waals surface area (Å²) in [6, 6.07) is 0. The van der Waals surface area contributed by atoms with E-state index in [1.54, 1.807) is 0 Å². The molecule has 2 nitrogen and oxygen atoms in total. The lowest BCUT2D eigenvalue weighted by Gasteiger charge is -2.35. The minimum atomic E-state index is -0.302. The molecule has 1 rings (SSSR count). The summed E-state index contributed by atoms with van der Waals surface area (Å²) in [6.45, 7) is 7.85. The molecule has 1 atom stereocenters. The van der Waals surface area contributed by atoms with Crippen molar-refractivity contribution in [2.45, 2.75) is 78.2 Å². The molecule has 1 aliphatic carbocycles. The van der Waals surface area contributed by atoms with Crippen molar-refractivity contribution in [3.8, 4) is 0 Å². The fourth-order valence-electron chi connectivity index (χ4n) is 3.31. The number of ether oxygens (including phenoxy) is 1.